The number of hydrogen-bond acceptors (Lipinski definition) is 5. The van der Waals surface area contributed by atoms with Crippen molar-refractivity contribution in [1.82, 2.24) is 0 Å². The Balaban J connectivity index is 2.52. The minimum atomic E-state index is -0.724. The monoisotopic (exact) mass is 374 g/mol. The third-order valence-electron chi connectivity index (χ3n) is 5.53. The number of carbonyl (C=O) groups excluding carboxylic acids is 2. The largest absolute Gasteiger partial charge is 0.466 e. The summed E-state index contributed by atoms with van der Waals surface area (Å²) in [4.78, 5) is 23.8. The van der Waals surface area contributed by atoms with Crippen molar-refractivity contribution in [1.29, 1.82) is 0 Å². The summed E-state index contributed by atoms with van der Waals surface area (Å²) >= 11 is 3.59. The number of ether oxygens (including phenoxy) is 2. The van der Waals surface area contributed by atoms with Crippen LogP contribution in [0, 0.1) is 23.2 Å². The summed E-state index contributed by atoms with van der Waals surface area (Å²) in [6.07, 6.45) is -0.587. The van der Waals surface area contributed by atoms with Crippen LogP contribution in [-0.4, -0.2) is 41.2 Å². The van der Waals surface area contributed by atoms with Gasteiger partial charge < -0.3 is 14.6 Å². The van der Waals surface area contributed by atoms with Gasteiger partial charge in [-0.3, -0.25) is 4.79 Å². The molecule has 7 atom stereocenters. The van der Waals surface area contributed by atoms with Crippen LogP contribution in [0.2, 0.25) is 0 Å². The first-order valence-corrected chi connectivity index (χ1v) is 8.42. The summed E-state index contributed by atoms with van der Waals surface area (Å²) in [7, 11) is 1.31. The standard InChI is InChI=1S/C16H23BrO5/c1-6-16(4)10(8(3)14(19)21-5)12-9(11(18)13(16)17)7(2)15(20)22-12/h7,9-13,18H,3,6H2,1-2,4-5H3/t7-,9+,10+,11-,12-,13+,16-/m0/s1. The van der Waals surface area contributed by atoms with Gasteiger partial charge in [0.1, 0.15) is 6.10 Å². The zero-order chi connectivity index (χ0) is 16.8. The molecule has 1 saturated heterocycles. The number of alkyl halides is 1. The molecule has 6 heteroatoms. The number of esters is 2. The van der Waals surface area contributed by atoms with Crippen molar-refractivity contribution >= 4 is 27.9 Å². The van der Waals surface area contributed by atoms with E-state index < -0.39 is 35.4 Å². The number of rotatable bonds is 3. The third kappa shape index (κ3) is 2.31. The molecule has 0 amide bonds. The minimum absolute atomic E-state index is 0.269. The molecule has 1 saturated carbocycles. The summed E-state index contributed by atoms with van der Waals surface area (Å²) in [5.41, 5.74) is -0.184. The average Bonchev–Trinajstić information content (AvgIpc) is 2.79. The van der Waals surface area contributed by atoms with Gasteiger partial charge in [0.15, 0.2) is 0 Å². The molecule has 2 fully saturated rings. The van der Waals surface area contributed by atoms with Gasteiger partial charge >= 0.3 is 11.9 Å². The van der Waals surface area contributed by atoms with E-state index in [1.54, 1.807) is 6.92 Å². The summed E-state index contributed by atoms with van der Waals surface area (Å²) < 4.78 is 10.3. The third-order valence-corrected chi connectivity index (χ3v) is 7.12. The molecule has 0 aromatic rings. The molecule has 5 nitrogen and oxygen atoms in total. The molecule has 1 N–H and O–H groups in total. The van der Waals surface area contributed by atoms with Crippen LogP contribution in [0.4, 0.5) is 0 Å². The van der Waals surface area contributed by atoms with Gasteiger partial charge in [-0.05, 0) is 11.8 Å². The highest BCUT2D eigenvalue weighted by Crippen LogP contribution is 2.56. The predicted molar refractivity (Wildman–Crippen MR) is 84.3 cm³/mol. The molecule has 1 aliphatic carbocycles. The molecule has 0 radical (unpaired) electrons. The van der Waals surface area contributed by atoms with E-state index >= 15 is 0 Å². The van der Waals surface area contributed by atoms with Crippen LogP contribution in [0.15, 0.2) is 12.2 Å². The second-order valence-electron chi connectivity index (χ2n) is 6.51. The molecule has 0 aromatic heterocycles. The van der Waals surface area contributed by atoms with E-state index in [1.807, 2.05) is 13.8 Å². The van der Waals surface area contributed by atoms with Crippen LogP contribution in [0.3, 0.4) is 0 Å². The van der Waals surface area contributed by atoms with E-state index in [4.69, 9.17) is 9.47 Å². The first-order chi connectivity index (χ1) is 10.2. The summed E-state index contributed by atoms with van der Waals surface area (Å²) in [5.74, 6) is -2.00. The number of fused-ring (bicyclic) bond motifs is 1. The maximum Gasteiger partial charge on any atom is 0.333 e. The maximum absolute atomic E-state index is 12.0. The number of carbonyl (C=O) groups is 2. The predicted octanol–water partition coefficient (Wildman–Crippen LogP) is 2.06. The van der Waals surface area contributed by atoms with Gasteiger partial charge in [0.05, 0.1) is 19.1 Å². The highest BCUT2D eigenvalue weighted by atomic mass is 79.9. The molecule has 0 unspecified atom stereocenters. The van der Waals surface area contributed by atoms with Crippen molar-refractivity contribution in [2.45, 2.75) is 44.2 Å². The Morgan fingerprint density at radius 1 is 1.55 bits per heavy atom. The molecule has 124 valence electrons. The van der Waals surface area contributed by atoms with E-state index in [0.717, 1.165) is 0 Å². The molecule has 0 bridgehead atoms. The molecule has 0 aromatic carbocycles. The van der Waals surface area contributed by atoms with Crippen molar-refractivity contribution in [3.8, 4) is 0 Å². The molecular weight excluding hydrogens is 352 g/mol. The van der Waals surface area contributed by atoms with Gasteiger partial charge in [-0.2, -0.15) is 0 Å². The smallest absolute Gasteiger partial charge is 0.333 e. The van der Waals surface area contributed by atoms with Gasteiger partial charge in [0, 0.05) is 22.2 Å². The molecule has 22 heavy (non-hydrogen) atoms. The highest BCUT2D eigenvalue weighted by molar-refractivity contribution is 9.09. The zero-order valence-electron chi connectivity index (χ0n) is 13.3. The quantitative estimate of drug-likeness (QED) is 0.465. The molecular formula is C16H23BrO5. The lowest BCUT2D eigenvalue weighted by Crippen LogP contribution is -2.59. The van der Waals surface area contributed by atoms with Crippen LogP contribution < -0.4 is 0 Å². The zero-order valence-corrected chi connectivity index (χ0v) is 14.9. The second kappa shape index (κ2) is 5.96. The van der Waals surface area contributed by atoms with Gasteiger partial charge in [0.2, 0.25) is 0 Å². The topological polar surface area (TPSA) is 72.8 Å². The van der Waals surface area contributed by atoms with Gasteiger partial charge in [-0.1, -0.05) is 43.3 Å². The average molecular weight is 375 g/mol. The number of methoxy groups -OCH3 is 1. The van der Waals surface area contributed by atoms with Crippen LogP contribution >= 0.6 is 15.9 Å². The fourth-order valence-electron chi connectivity index (χ4n) is 3.94. The van der Waals surface area contributed by atoms with E-state index in [9.17, 15) is 14.7 Å². The summed E-state index contributed by atoms with van der Waals surface area (Å²) in [6.45, 7) is 9.61. The fraction of sp³-hybridized carbons (Fsp3) is 0.750. The Labute approximate surface area is 139 Å². The first kappa shape index (κ1) is 17.5. The van der Waals surface area contributed by atoms with Gasteiger partial charge in [0.25, 0.3) is 0 Å². The van der Waals surface area contributed by atoms with E-state index in [0.29, 0.717) is 12.0 Å². The number of aliphatic hydroxyl groups excluding tert-OH is 1. The first-order valence-electron chi connectivity index (χ1n) is 7.50. The molecule has 2 aliphatic rings. The Kier molecular flexibility index (Phi) is 4.74. The van der Waals surface area contributed by atoms with Gasteiger partial charge in [-0.15, -0.1) is 0 Å². The minimum Gasteiger partial charge on any atom is -0.466 e. The molecule has 1 heterocycles. The van der Waals surface area contributed by atoms with Crippen LogP contribution in [0.1, 0.15) is 27.2 Å². The van der Waals surface area contributed by atoms with Crippen LogP contribution in [-0.2, 0) is 19.1 Å². The van der Waals surface area contributed by atoms with Crippen molar-refractivity contribution in [2.24, 2.45) is 23.2 Å². The SMILES string of the molecule is C=C(C(=O)OC)[C@@H]1[C@H]2OC(=O)[C@@H](C)[C@@H]2[C@H](O)[C@@H](Br)[C@@]1(C)CC. The normalized spacial score (nSPS) is 44.2. The number of halogens is 1. The summed E-state index contributed by atoms with van der Waals surface area (Å²) in [6, 6.07) is 0. The lowest BCUT2D eigenvalue weighted by molar-refractivity contribution is -0.152. The Hall–Kier alpha value is -0.880. The lowest BCUT2D eigenvalue weighted by atomic mass is 9.57. The molecule has 1 aliphatic heterocycles. The second-order valence-corrected chi connectivity index (χ2v) is 7.50. The Bertz CT molecular complexity index is 505. The van der Waals surface area contributed by atoms with E-state index in [1.165, 1.54) is 7.11 Å². The number of hydrogen-bond donors (Lipinski definition) is 1. The molecule has 0 spiro atoms. The van der Waals surface area contributed by atoms with E-state index in [-0.39, 0.29) is 16.7 Å². The lowest BCUT2D eigenvalue weighted by Gasteiger charge is -2.52. The van der Waals surface area contributed by atoms with E-state index in [2.05, 4.69) is 22.5 Å². The maximum atomic E-state index is 12.0. The Morgan fingerprint density at radius 3 is 2.64 bits per heavy atom. The van der Waals surface area contributed by atoms with Crippen LogP contribution in [0.25, 0.3) is 0 Å². The number of aliphatic hydroxyl groups is 1. The van der Waals surface area contributed by atoms with Crippen LogP contribution in [0.5, 0.6) is 0 Å². The van der Waals surface area contributed by atoms with Gasteiger partial charge in [-0.25, -0.2) is 4.79 Å². The van der Waals surface area contributed by atoms with Crippen molar-refractivity contribution < 1.29 is 24.2 Å². The Morgan fingerprint density at radius 2 is 2.14 bits per heavy atom. The molecule has 2 rings (SSSR count). The summed E-state index contributed by atoms with van der Waals surface area (Å²) in [5, 5.41) is 10.7. The fourth-order valence-corrected chi connectivity index (χ4v) is 4.90. The highest BCUT2D eigenvalue weighted by Gasteiger charge is 2.62. The van der Waals surface area contributed by atoms with Crippen molar-refractivity contribution in [3.63, 3.8) is 0 Å². The van der Waals surface area contributed by atoms with Crippen molar-refractivity contribution in [3.05, 3.63) is 12.2 Å². The van der Waals surface area contributed by atoms with Crippen molar-refractivity contribution in [2.75, 3.05) is 7.11 Å².